The van der Waals surface area contributed by atoms with Gasteiger partial charge in [-0.05, 0) is 50.5 Å². The van der Waals surface area contributed by atoms with Crippen molar-refractivity contribution in [1.82, 2.24) is 9.78 Å². The van der Waals surface area contributed by atoms with Crippen molar-refractivity contribution in [3.8, 4) is 0 Å². The smallest absolute Gasteiger partial charge is 0.124 e. The van der Waals surface area contributed by atoms with Crippen molar-refractivity contribution in [1.29, 1.82) is 0 Å². The van der Waals surface area contributed by atoms with E-state index in [0.29, 0.717) is 6.54 Å². The molecule has 2 aromatic rings. The monoisotopic (exact) mass is 339 g/mol. The maximum Gasteiger partial charge on any atom is 0.124 e. The first-order valence-corrected chi connectivity index (χ1v) is 7.40. The maximum atomic E-state index is 13.1. The third-order valence-corrected chi connectivity index (χ3v) is 4.13. The van der Waals surface area contributed by atoms with Gasteiger partial charge in [-0.2, -0.15) is 5.10 Å². The Morgan fingerprint density at radius 1 is 1.40 bits per heavy atom. The molecule has 1 aromatic carbocycles. The molecule has 0 saturated heterocycles. The minimum atomic E-state index is -0.244. The zero-order valence-electron chi connectivity index (χ0n) is 12.0. The molecule has 0 fully saturated rings. The quantitative estimate of drug-likeness (QED) is 0.928. The van der Waals surface area contributed by atoms with Crippen molar-refractivity contribution in [3.63, 3.8) is 0 Å². The van der Waals surface area contributed by atoms with Gasteiger partial charge in [0.15, 0.2) is 0 Å². The molecule has 0 saturated carbocycles. The van der Waals surface area contributed by atoms with Crippen LogP contribution in [0.3, 0.4) is 0 Å². The zero-order valence-corrected chi connectivity index (χ0v) is 13.5. The second kappa shape index (κ2) is 6.06. The third kappa shape index (κ3) is 3.27. The molecule has 1 unspecified atom stereocenters. The normalized spacial score (nSPS) is 12.7. The highest BCUT2D eigenvalue weighted by Gasteiger charge is 2.14. The molecule has 108 valence electrons. The van der Waals surface area contributed by atoms with E-state index in [1.54, 1.807) is 6.07 Å². The average molecular weight is 340 g/mol. The number of hydrogen-bond donors (Lipinski definition) is 1. The molecule has 3 nitrogen and oxygen atoms in total. The summed E-state index contributed by atoms with van der Waals surface area (Å²) in [5.74, 6) is -0.244. The predicted molar refractivity (Wildman–Crippen MR) is 82.3 cm³/mol. The van der Waals surface area contributed by atoms with Crippen LogP contribution >= 0.6 is 15.9 Å². The lowest BCUT2D eigenvalue weighted by atomic mass is 10.1. The van der Waals surface area contributed by atoms with Gasteiger partial charge in [0, 0.05) is 16.2 Å². The number of hydrogen-bond acceptors (Lipinski definition) is 2. The van der Waals surface area contributed by atoms with Gasteiger partial charge in [-0.15, -0.1) is 0 Å². The molecule has 0 bridgehead atoms. The lowest BCUT2D eigenvalue weighted by Crippen LogP contribution is -2.18. The van der Waals surface area contributed by atoms with Gasteiger partial charge in [0.1, 0.15) is 5.82 Å². The molecule has 1 aromatic heterocycles. The van der Waals surface area contributed by atoms with E-state index in [2.05, 4.69) is 28.0 Å². The van der Waals surface area contributed by atoms with Gasteiger partial charge >= 0.3 is 0 Å². The summed E-state index contributed by atoms with van der Waals surface area (Å²) in [5, 5.41) is 4.57. The number of aromatic nitrogens is 2. The standard InChI is InChI=1S/C15H19BrFN3/c1-9(18)6-14-10(2)19-20(11(14)3)8-12-4-5-13(17)7-15(12)16/h4-5,7,9H,6,8,18H2,1-3H3. The van der Waals surface area contributed by atoms with Gasteiger partial charge in [-0.1, -0.05) is 22.0 Å². The zero-order chi connectivity index (χ0) is 14.9. The molecule has 1 heterocycles. The first kappa shape index (κ1) is 15.2. The van der Waals surface area contributed by atoms with Gasteiger partial charge in [-0.3, -0.25) is 4.68 Å². The van der Waals surface area contributed by atoms with E-state index in [1.165, 1.54) is 17.7 Å². The molecule has 0 aliphatic rings. The molecule has 0 spiro atoms. The Kier molecular flexibility index (Phi) is 4.60. The summed E-state index contributed by atoms with van der Waals surface area (Å²) in [4.78, 5) is 0. The van der Waals surface area contributed by atoms with Crippen LogP contribution in [0.5, 0.6) is 0 Å². The van der Waals surface area contributed by atoms with Crippen molar-refractivity contribution in [2.75, 3.05) is 0 Å². The van der Waals surface area contributed by atoms with E-state index in [0.717, 1.165) is 27.8 Å². The van der Waals surface area contributed by atoms with Gasteiger partial charge < -0.3 is 5.73 Å². The van der Waals surface area contributed by atoms with E-state index >= 15 is 0 Å². The minimum absolute atomic E-state index is 0.114. The molecule has 5 heteroatoms. The maximum absolute atomic E-state index is 13.1. The van der Waals surface area contributed by atoms with Gasteiger partial charge in [0.2, 0.25) is 0 Å². The van der Waals surface area contributed by atoms with Crippen LogP contribution in [-0.4, -0.2) is 15.8 Å². The van der Waals surface area contributed by atoms with Crippen molar-refractivity contribution >= 4 is 15.9 Å². The number of aryl methyl sites for hydroxylation is 1. The molecular formula is C15H19BrFN3. The summed E-state index contributed by atoms with van der Waals surface area (Å²) in [5.41, 5.74) is 10.2. The Balaban J connectivity index is 2.30. The molecule has 1 atom stereocenters. The van der Waals surface area contributed by atoms with Crippen LogP contribution in [0.2, 0.25) is 0 Å². The summed E-state index contributed by atoms with van der Waals surface area (Å²) < 4.78 is 15.8. The topological polar surface area (TPSA) is 43.8 Å². The molecule has 0 amide bonds. The highest BCUT2D eigenvalue weighted by atomic mass is 79.9. The van der Waals surface area contributed by atoms with Crippen molar-refractivity contribution in [2.45, 2.75) is 39.8 Å². The Morgan fingerprint density at radius 2 is 2.10 bits per heavy atom. The van der Waals surface area contributed by atoms with Crippen LogP contribution in [0.1, 0.15) is 29.4 Å². The summed E-state index contributed by atoms with van der Waals surface area (Å²) in [7, 11) is 0. The fraction of sp³-hybridized carbons (Fsp3) is 0.400. The first-order valence-electron chi connectivity index (χ1n) is 6.61. The van der Waals surface area contributed by atoms with E-state index in [9.17, 15) is 4.39 Å². The van der Waals surface area contributed by atoms with Crippen LogP contribution in [0.15, 0.2) is 22.7 Å². The average Bonchev–Trinajstić information content (AvgIpc) is 2.60. The first-order chi connectivity index (χ1) is 9.38. The number of nitrogens with two attached hydrogens (primary N) is 1. The SMILES string of the molecule is Cc1nn(Cc2ccc(F)cc2Br)c(C)c1CC(C)N. The second-order valence-electron chi connectivity index (χ2n) is 5.22. The number of nitrogens with zero attached hydrogens (tertiary/aromatic N) is 2. The summed E-state index contributed by atoms with van der Waals surface area (Å²) >= 11 is 3.39. The molecular weight excluding hydrogens is 321 g/mol. The van der Waals surface area contributed by atoms with Crippen LogP contribution < -0.4 is 5.73 Å². The largest absolute Gasteiger partial charge is 0.328 e. The van der Waals surface area contributed by atoms with Crippen molar-refractivity contribution in [3.05, 3.63) is 51.0 Å². The van der Waals surface area contributed by atoms with E-state index in [4.69, 9.17) is 5.73 Å². The molecule has 0 aliphatic carbocycles. The highest BCUT2D eigenvalue weighted by Crippen LogP contribution is 2.21. The molecule has 2 rings (SSSR count). The van der Waals surface area contributed by atoms with Crippen molar-refractivity contribution < 1.29 is 4.39 Å². The molecule has 2 N–H and O–H groups in total. The summed E-state index contributed by atoms with van der Waals surface area (Å²) in [6.07, 6.45) is 0.822. The number of benzene rings is 1. The fourth-order valence-corrected chi connectivity index (χ4v) is 2.79. The van der Waals surface area contributed by atoms with E-state index in [1.807, 2.05) is 18.5 Å². The Hall–Kier alpha value is -1.20. The highest BCUT2D eigenvalue weighted by molar-refractivity contribution is 9.10. The Bertz CT molecular complexity index is 620. The number of halogens is 2. The lowest BCUT2D eigenvalue weighted by molar-refractivity contribution is 0.620. The Labute approximate surface area is 127 Å². The summed E-state index contributed by atoms with van der Waals surface area (Å²) in [6.45, 7) is 6.66. The van der Waals surface area contributed by atoms with Gasteiger partial charge in [-0.25, -0.2) is 4.39 Å². The minimum Gasteiger partial charge on any atom is -0.328 e. The molecule has 0 radical (unpaired) electrons. The molecule has 0 aliphatic heterocycles. The van der Waals surface area contributed by atoms with Crippen molar-refractivity contribution in [2.24, 2.45) is 5.73 Å². The van der Waals surface area contributed by atoms with Crippen LogP contribution in [0, 0.1) is 19.7 Å². The lowest BCUT2D eigenvalue weighted by Gasteiger charge is -2.09. The van der Waals surface area contributed by atoms with E-state index < -0.39 is 0 Å². The third-order valence-electron chi connectivity index (χ3n) is 3.39. The fourth-order valence-electron chi connectivity index (χ4n) is 2.32. The van der Waals surface area contributed by atoms with Crippen LogP contribution in [0.25, 0.3) is 0 Å². The van der Waals surface area contributed by atoms with Gasteiger partial charge in [0.25, 0.3) is 0 Å². The van der Waals surface area contributed by atoms with Crippen LogP contribution in [0.4, 0.5) is 4.39 Å². The van der Waals surface area contributed by atoms with E-state index in [-0.39, 0.29) is 11.9 Å². The van der Waals surface area contributed by atoms with Crippen LogP contribution in [-0.2, 0) is 13.0 Å². The summed E-state index contributed by atoms with van der Waals surface area (Å²) in [6, 6.07) is 4.84. The predicted octanol–water partition coefficient (Wildman–Crippen LogP) is 3.34. The number of rotatable bonds is 4. The second-order valence-corrected chi connectivity index (χ2v) is 6.08. The van der Waals surface area contributed by atoms with Gasteiger partial charge in [0.05, 0.1) is 12.2 Å². The Morgan fingerprint density at radius 3 is 2.70 bits per heavy atom. The molecule has 20 heavy (non-hydrogen) atoms.